The van der Waals surface area contributed by atoms with E-state index in [1.165, 1.54) is 6.07 Å². The molecule has 5 heteroatoms. The molecule has 1 aromatic carbocycles. The molecule has 0 aliphatic heterocycles. The summed E-state index contributed by atoms with van der Waals surface area (Å²) in [7, 11) is 0. The molecule has 0 amide bonds. The summed E-state index contributed by atoms with van der Waals surface area (Å²) in [6, 6.07) is 6.98. The third kappa shape index (κ3) is 2.87. The molecule has 106 valence electrons. The molecule has 2 rings (SSSR count). The van der Waals surface area contributed by atoms with Crippen LogP contribution < -0.4 is 5.32 Å². The van der Waals surface area contributed by atoms with Crippen LogP contribution in [0.3, 0.4) is 0 Å². The standard InChI is InChI=1S/C15H19N3O2/c1-9(2)11(4)17-15-7-10(3)16-14-6-5-12(18(19)20)8-13(14)15/h5-9,11H,1-4H3,(H,16,17). The molecule has 0 radical (unpaired) electrons. The molecule has 0 aliphatic rings. The number of fused-ring (bicyclic) bond motifs is 1. The van der Waals surface area contributed by atoms with E-state index in [4.69, 9.17) is 0 Å². The van der Waals surface area contributed by atoms with Gasteiger partial charge in [-0.1, -0.05) is 13.8 Å². The number of nitro benzene ring substituents is 1. The first-order valence-corrected chi connectivity index (χ1v) is 6.71. The van der Waals surface area contributed by atoms with Gasteiger partial charge in [-0.3, -0.25) is 15.1 Å². The molecule has 1 N–H and O–H groups in total. The van der Waals surface area contributed by atoms with E-state index < -0.39 is 0 Å². The number of aryl methyl sites for hydroxylation is 1. The van der Waals surface area contributed by atoms with Crippen molar-refractivity contribution in [3.05, 3.63) is 40.1 Å². The van der Waals surface area contributed by atoms with Crippen LogP contribution in [0.15, 0.2) is 24.3 Å². The number of nitro groups is 1. The number of nitrogens with one attached hydrogen (secondary N) is 1. The Morgan fingerprint density at radius 1 is 1.25 bits per heavy atom. The first-order chi connectivity index (χ1) is 9.38. The number of aromatic nitrogens is 1. The average Bonchev–Trinajstić information content (AvgIpc) is 2.37. The van der Waals surface area contributed by atoms with Gasteiger partial charge in [0.05, 0.1) is 10.4 Å². The molecular weight excluding hydrogens is 254 g/mol. The van der Waals surface area contributed by atoms with Gasteiger partial charge in [0.15, 0.2) is 0 Å². The van der Waals surface area contributed by atoms with Crippen LogP contribution in [-0.4, -0.2) is 15.9 Å². The van der Waals surface area contributed by atoms with E-state index in [0.29, 0.717) is 5.92 Å². The highest BCUT2D eigenvalue weighted by Gasteiger charge is 2.13. The van der Waals surface area contributed by atoms with Crippen molar-refractivity contribution in [2.24, 2.45) is 5.92 Å². The molecule has 0 fully saturated rings. The SMILES string of the molecule is Cc1cc(NC(C)C(C)C)c2cc([N+](=O)[O-])ccc2n1. The zero-order chi connectivity index (χ0) is 14.9. The van der Waals surface area contributed by atoms with Gasteiger partial charge >= 0.3 is 0 Å². The monoisotopic (exact) mass is 273 g/mol. The first kappa shape index (κ1) is 14.2. The van der Waals surface area contributed by atoms with Crippen LogP contribution in [0.5, 0.6) is 0 Å². The van der Waals surface area contributed by atoms with Gasteiger partial charge in [0.2, 0.25) is 0 Å². The van der Waals surface area contributed by atoms with Gasteiger partial charge in [-0.25, -0.2) is 0 Å². The van der Waals surface area contributed by atoms with Gasteiger partial charge in [-0.15, -0.1) is 0 Å². The van der Waals surface area contributed by atoms with Crippen LogP contribution in [0.4, 0.5) is 11.4 Å². The maximum absolute atomic E-state index is 10.9. The van der Waals surface area contributed by atoms with Gasteiger partial charge in [-0.05, 0) is 31.9 Å². The van der Waals surface area contributed by atoms with E-state index in [0.717, 1.165) is 22.3 Å². The lowest BCUT2D eigenvalue weighted by atomic mass is 10.0. The Labute approximate surface area is 118 Å². The fraction of sp³-hybridized carbons (Fsp3) is 0.400. The van der Waals surface area contributed by atoms with Crippen LogP contribution in [-0.2, 0) is 0 Å². The topological polar surface area (TPSA) is 68.1 Å². The number of hydrogen-bond acceptors (Lipinski definition) is 4. The number of non-ortho nitro benzene ring substituents is 1. The molecule has 0 saturated heterocycles. The summed E-state index contributed by atoms with van der Waals surface area (Å²) in [5.41, 5.74) is 2.65. The highest BCUT2D eigenvalue weighted by Crippen LogP contribution is 2.28. The van der Waals surface area contributed by atoms with E-state index in [1.54, 1.807) is 12.1 Å². The second kappa shape index (κ2) is 5.45. The summed E-state index contributed by atoms with van der Waals surface area (Å²) in [5.74, 6) is 0.470. The van der Waals surface area contributed by atoms with Crippen LogP contribution in [0.2, 0.25) is 0 Å². The van der Waals surface area contributed by atoms with Gasteiger partial charge < -0.3 is 5.32 Å². The lowest BCUT2D eigenvalue weighted by molar-refractivity contribution is -0.384. The van der Waals surface area contributed by atoms with E-state index in [9.17, 15) is 10.1 Å². The molecule has 2 aromatic rings. The number of anilines is 1. The molecule has 5 nitrogen and oxygen atoms in total. The minimum Gasteiger partial charge on any atom is -0.382 e. The van der Waals surface area contributed by atoms with Gasteiger partial charge in [0, 0.05) is 34.9 Å². The Hall–Kier alpha value is -2.17. The van der Waals surface area contributed by atoms with E-state index >= 15 is 0 Å². The second-order valence-corrected chi connectivity index (χ2v) is 5.45. The van der Waals surface area contributed by atoms with Gasteiger partial charge in [-0.2, -0.15) is 0 Å². The molecule has 1 aromatic heterocycles. The lowest BCUT2D eigenvalue weighted by Crippen LogP contribution is -2.21. The van der Waals surface area contributed by atoms with Gasteiger partial charge in [0.1, 0.15) is 0 Å². The van der Waals surface area contributed by atoms with Crippen molar-refractivity contribution in [2.45, 2.75) is 33.7 Å². The van der Waals surface area contributed by atoms with Crippen LogP contribution in [0, 0.1) is 23.0 Å². The predicted molar refractivity (Wildman–Crippen MR) is 81.1 cm³/mol. The molecular formula is C15H19N3O2. The fourth-order valence-electron chi connectivity index (χ4n) is 1.99. The molecule has 0 spiro atoms. The zero-order valence-electron chi connectivity index (χ0n) is 12.2. The molecule has 20 heavy (non-hydrogen) atoms. The van der Waals surface area contributed by atoms with Crippen LogP contribution >= 0.6 is 0 Å². The minimum atomic E-state index is -0.380. The lowest BCUT2D eigenvalue weighted by Gasteiger charge is -2.20. The molecule has 1 unspecified atom stereocenters. The predicted octanol–water partition coefficient (Wildman–Crippen LogP) is 3.91. The Kier molecular flexibility index (Phi) is 3.88. The summed E-state index contributed by atoms with van der Waals surface area (Å²) in [6.07, 6.45) is 0. The molecule has 0 saturated carbocycles. The number of hydrogen-bond donors (Lipinski definition) is 1. The van der Waals surface area contributed by atoms with Crippen molar-refractivity contribution in [3.8, 4) is 0 Å². The van der Waals surface area contributed by atoms with Crippen molar-refractivity contribution in [1.29, 1.82) is 0 Å². The summed E-state index contributed by atoms with van der Waals surface area (Å²) >= 11 is 0. The summed E-state index contributed by atoms with van der Waals surface area (Å²) in [4.78, 5) is 15.0. The van der Waals surface area contributed by atoms with Crippen molar-refractivity contribution < 1.29 is 4.92 Å². The van der Waals surface area contributed by atoms with Gasteiger partial charge in [0.25, 0.3) is 5.69 Å². The third-order valence-corrected chi connectivity index (χ3v) is 3.51. The number of rotatable bonds is 4. The first-order valence-electron chi connectivity index (χ1n) is 6.71. The Bertz CT molecular complexity index is 653. The highest BCUT2D eigenvalue weighted by molar-refractivity contribution is 5.93. The normalized spacial score (nSPS) is 12.7. The van der Waals surface area contributed by atoms with Crippen LogP contribution in [0.25, 0.3) is 10.9 Å². The summed E-state index contributed by atoms with van der Waals surface area (Å²) in [6.45, 7) is 8.29. The van der Waals surface area contributed by atoms with Crippen LogP contribution in [0.1, 0.15) is 26.5 Å². The maximum atomic E-state index is 10.9. The number of benzene rings is 1. The maximum Gasteiger partial charge on any atom is 0.270 e. The Morgan fingerprint density at radius 3 is 2.55 bits per heavy atom. The molecule has 1 heterocycles. The van der Waals surface area contributed by atoms with E-state index in [1.807, 2.05) is 13.0 Å². The largest absolute Gasteiger partial charge is 0.382 e. The zero-order valence-corrected chi connectivity index (χ0v) is 12.2. The second-order valence-electron chi connectivity index (χ2n) is 5.45. The summed E-state index contributed by atoms with van der Waals surface area (Å²) < 4.78 is 0. The van der Waals surface area contributed by atoms with Crippen molar-refractivity contribution in [3.63, 3.8) is 0 Å². The van der Waals surface area contributed by atoms with Crippen molar-refractivity contribution in [2.75, 3.05) is 5.32 Å². The van der Waals surface area contributed by atoms with E-state index in [-0.39, 0.29) is 16.7 Å². The average molecular weight is 273 g/mol. The third-order valence-electron chi connectivity index (χ3n) is 3.51. The number of nitrogens with zero attached hydrogens (tertiary/aromatic N) is 2. The van der Waals surface area contributed by atoms with E-state index in [2.05, 4.69) is 31.1 Å². The fourth-order valence-corrected chi connectivity index (χ4v) is 1.99. The number of pyridine rings is 1. The van der Waals surface area contributed by atoms with Crippen molar-refractivity contribution >= 4 is 22.3 Å². The minimum absolute atomic E-state index is 0.0865. The Morgan fingerprint density at radius 2 is 1.95 bits per heavy atom. The van der Waals surface area contributed by atoms with Crippen molar-refractivity contribution in [1.82, 2.24) is 4.98 Å². The molecule has 1 atom stereocenters. The summed E-state index contributed by atoms with van der Waals surface area (Å²) in [5, 5.41) is 15.1. The molecule has 0 bridgehead atoms. The smallest absolute Gasteiger partial charge is 0.270 e. The molecule has 0 aliphatic carbocycles. The highest BCUT2D eigenvalue weighted by atomic mass is 16.6. The Balaban J connectivity index is 2.55. The quantitative estimate of drug-likeness (QED) is 0.677.